The third-order valence-corrected chi connectivity index (χ3v) is 5.80. The number of ether oxygens (including phenoxy) is 1. The van der Waals surface area contributed by atoms with Gasteiger partial charge in [-0.2, -0.15) is 5.10 Å². The zero-order valence-corrected chi connectivity index (χ0v) is 16.4. The normalized spacial score (nSPS) is 14.8. The highest BCUT2D eigenvalue weighted by molar-refractivity contribution is 7.17. The second kappa shape index (κ2) is 8.41. The summed E-state index contributed by atoms with van der Waals surface area (Å²) >= 11 is 19.2. The number of thiophene rings is 1. The van der Waals surface area contributed by atoms with Crippen LogP contribution in [0.25, 0.3) is 0 Å². The zero-order chi connectivity index (χ0) is 18.7. The molecule has 138 valence electrons. The number of nitrogens with one attached hydrogen (secondary N) is 1. The Morgan fingerprint density at radius 3 is 2.77 bits per heavy atom. The van der Waals surface area contributed by atoms with Crippen molar-refractivity contribution in [3.05, 3.63) is 37.9 Å². The van der Waals surface area contributed by atoms with E-state index in [9.17, 15) is 4.79 Å². The lowest BCUT2D eigenvalue weighted by Gasteiger charge is -2.27. The number of morpholine rings is 1. The molecule has 0 radical (unpaired) electrons. The molecule has 0 aliphatic carbocycles. The molecule has 2 aromatic heterocycles. The minimum atomic E-state index is -0.638. The van der Waals surface area contributed by atoms with E-state index in [0.717, 1.165) is 36.2 Å². The molecule has 1 amide bonds. The molecule has 26 heavy (non-hydrogen) atoms. The molecule has 0 bridgehead atoms. The smallest absolute Gasteiger partial charge is 0.291 e. The van der Waals surface area contributed by atoms with Crippen LogP contribution in [0, 0.1) is 0 Å². The summed E-state index contributed by atoms with van der Waals surface area (Å²) in [6.07, 6.45) is 1.54. The van der Waals surface area contributed by atoms with Gasteiger partial charge in [-0.25, -0.2) is 10.4 Å². The van der Waals surface area contributed by atoms with Crippen molar-refractivity contribution >= 4 is 68.9 Å². The fourth-order valence-electron chi connectivity index (χ4n) is 2.25. The quantitative estimate of drug-likeness (QED) is 0.437. The number of pyridine rings is 1. The second-order valence-corrected chi connectivity index (χ2v) is 7.48. The van der Waals surface area contributed by atoms with Gasteiger partial charge in [0.2, 0.25) is 0 Å². The van der Waals surface area contributed by atoms with Crippen molar-refractivity contribution < 1.29 is 9.53 Å². The van der Waals surface area contributed by atoms with Gasteiger partial charge in [-0.3, -0.25) is 4.79 Å². The summed E-state index contributed by atoms with van der Waals surface area (Å²) < 4.78 is 5.34. The van der Waals surface area contributed by atoms with Crippen LogP contribution in [-0.4, -0.2) is 43.4 Å². The number of nitrogens with zero attached hydrogens (tertiary/aromatic N) is 3. The highest BCUT2D eigenvalue weighted by Gasteiger charge is 2.19. The Kier molecular flexibility index (Phi) is 6.20. The van der Waals surface area contributed by atoms with E-state index in [1.807, 2.05) is 12.1 Å². The molecule has 0 unspecified atom stereocenters. The van der Waals surface area contributed by atoms with Crippen LogP contribution in [0.4, 0.5) is 10.7 Å². The van der Waals surface area contributed by atoms with Crippen molar-refractivity contribution in [3.63, 3.8) is 0 Å². The van der Waals surface area contributed by atoms with Gasteiger partial charge in [0.1, 0.15) is 5.02 Å². The van der Waals surface area contributed by atoms with Crippen molar-refractivity contribution in [2.45, 2.75) is 0 Å². The molecule has 0 aromatic carbocycles. The average Bonchev–Trinajstić information content (AvgIpc) is 3.12. The highest BCUT2D eigenvalue weighted by Crippen LogP contribution is 2.34. The first-order valence-corrected chi connectivity index (χ1v) is 9.48. The number of halogens is 3. The Balaban J connectivity index is 1.65. The Labute approximate surface area is 168 Å². The third kappa shape index (κ3) is 4.21. The summed E-state index contributed by atoms with van der Waals surface area (Å²) in [6.45, 7) is 3.16. The molecule has 1 aliphatic rings. The van der Waals surface area contributed by atoms with E-state index in [1.54, 1.807) is 17.6 Å². The van der Waals surface area contributed by atoms with E-state index in [-0.39, 0.29) is 26.6 Å². The van der Waals surface area contributed by atoms with Gasteiger partial charge in [0, 0.05) is 18.0 Å². The maximum atomic E-state index is 12.2. The van der Waals surface area contributed by atoms with Crippen molar-refractivity contribution in [3.8, 4) is 0 Å². The summed E-state index contributed by atoms with van der Waals surface area (Å²) in [5, 5.41) is 4.89. The van der Waals surface area contributed by atoms with Crippen LogP contribution in [-0.2, 0) is 4.74 Å². The van der Waals surface area contributed by atoms with E-state index in [0.29, 0.717) is 0 Å². The number of amides is 1. The van der Waals surface area contributed by atoms with E-state index < -0.39 is 5.91 Å². The van der Waals surface area contributed by atoms with Gasteiger partial charge >= 0.3 is 0 Å². The van der Waals surface area contributed by atoms with E-state index in [4.69, 9.17) is 45.3 Å². The lowest BCUT2D eigenvalue weighted by Crippen LogP contribution is -2.35. The number of nitrogens with two attached hydrogens (primary N) is 1. The van der Waals surface area contributed by atoms with Gasteiger partial charge in [0.05, 0.1) is 35.1 Å². The fraction of sp³-hybridized carbons (Fsp3) is 0.267. The van der Waals surface area contributed by atoms with Crippen molar-refractivity contribution in [2.75, 3.05) is 36.9 Å². The molecule has 1 aliphatic heterocycles. The molecule has 3 heterocycles. The lowest BCUT2D eigenvalue weighted by molar-refractivity contribution is 0.0950. The second-order valence-electron chi connectivity index (χ2n) is 5.27. The molecule has 3 N–H and O–H groups in total. The van der Waals surface area contributed by atoms with Gasteiger partial charge in [-0.15, -0.1) is 11.3 Å². The van der Waals surface area contributed by atoms with E-state index in [1.165, 1.54) is 0 Å². The Morgan fingerprint density at radius 1 is 1.31 bits per heavy atom. The van der Waals surface area contributed by atoms with Gasteiger partial charge in [-0.1, -0.05) is 34.8 Å². The predicted octanol–water partition coefficient (Wildman–Crippen LogP) is 3.29. The molecule has 0 atom stereocenters. The first-order chi connectivity index (χ1) is 12.5. The number of nitrogen functional groups attached to an aromatic ring is 1. The third-order valence-electron chi connectivity index (χ3n) is 3.58. The number of aromatic nitrogens is 1. The van der Waals surface area contributed by atoms with Crippen LogP contribution in [0.1, 0.15) is 15.4 Å². The summed E-state index contributed by atoms with van der Waals surface area (Å²) in [5.74, 6) is -0.638. The number of carbonyl (C=O) groups is 1. The maximum absolute atomic E-state index is 12.2. The monoisotopic (exact) mass is 433 g/mol. The zero-order valence-electron chi connectivity index (χ0n) is 13.3. The highest BCUT2D eigenvalue weighted by atomic mass is 35.5. The molecule has 3 rings (SSSR count). The number of anilines is 2. The number of hydrazone groups is 1. The molecule has 7 nitrogen and oxygen atoms in total. The van der Waals surface area contributed by atoms with Gasteiger partial charge in [-0.05, 0) is 12.1 Å². The van der Waals surface area contributed by atoms with Crippen LogP contribution in [0.15, 0.2) is 17.2 Å². The van der Waals surface area contributed by atoms with Crippen LogP contribution in [0.2, 0.25) is 15.2 Å². The molecule has 0 saturated carbocycles. The largest absolute Gasteiger partial charge is 0.396 e. The average molecular weight is 435 g/mol. The molecular weight excluding hydrogens is 421 g/mol. The summed E-state index contributed by atoms with van der Waals surface area (Å²) in [7, 11) is 0. The Morgan fingerprint density at radius 2 is 2.04 bits per heavy atom. The van der Waals surface area contributed by atoms with Crippen LogP contribution < -0.4 is 16.1 Å². The van der Waals surface area contributed by atoms with Crippen LogP contribution in [0.5, 0.6) is 0 Å². The minimum absolute atomic E-state index is 0.00382. The fourth-order valence-corrected chi connectivity index (χ4v) is 3.78. The number of carbonyl (C=O) groups excluding carboxylic acids is 1. The summed E-state index contributed by atoms with van der Waals surface area (Å²) in [6, 6.07) is 3.94. The number of rotatable bonds is 4. The summed E-state index contributed by atoms with van der Waals surface area (Å²) in [5.41, 5.74) is 7.90. The molecule has 11 heteroatoms. The minimum Gasteiger partial charge on any atom is -0.396 e. The van der Waals surface area contributed by atoms with Crippen molar-refractivity contribution in [2.24, 2.45) is 5.10 Å². The van der Waals surface area contributed by atoms with E-state index >= 15 is 0 Å². The predicted molar refractivity (Wildman–Crippen MR) is 106 cm³/mol. The van der Waals surface area contributed by atoms with Gasteiger partial charge in [0.25, 0.3) is 5.91 Å². The standard InChI is InChI=1S/C15H14Cl3N5O2S/c16-10-12(19)11(17)14(18)21-13(10)15(24)22-20-7-8-1-2-9(26-8)23-3-5-25-6-4-23/h1-2,7H,3-6H2,(H2,19,21)(H,22,24)/b20-7-. The number of hydrogen-bond donors (Lipinski definition) is 2. The number of hydrogen-bond acceptors (Lipinski definition) is 7. The molecule has 0 spiro atoms. The van der Waals surface area contributed by atoms with Crippen molar-refractivity contribution in [1.82, 2.24) is 10.4 Å². The lowest BCUT2D eigenvalue weighted by atomic mass is 10.3. The Bertz CT molecular complexity index is 852. The molecular formula is C15H14Cl3N5O2S. The van der Waals surface area contributed by atoms with Gasteiger partial charge in [0.15, 0.2) is 10.8 Å². The first kappa shape index (κ1) is 19.2. The topological polar surface area (TPSA) is 92.8 Å². The maximum Gasteiger partial charge on any atom is 0.291 e. The van der Waals surface area contributed by atoms with E-state index in [2.05, 4.69) is 20.4 Å². The SMILES string of the molecule is Nc1c(Cl)c(Cl)nc(C(=O)N/N=C\c2ccc(N3CCOCC3)s2)c1Cl. The van der Waals surface area contributed by atoms with Crippen LogP contribution >= 0.6 is 46.1 Å². The Hall–Kier alpha value is -1.58. The van der Waals surface area contributed by atoms with Gasteiger partial charge < -0.3 is 15.4 Å². The first-order valence-electron chi connectivity index (χ1n) is 7.53. The van der Waals surface area contributed by atoms with Crippen molar-refractivity contribution in [1.29, 1.82) is 0 Å². The van der Waals surface area contributed by atoms with Crippen LogP contribution in [0.3, 0.4) is 0 Å². The molecule has 1 fully saturated rings. The molecule has 1 saturated heterocycles. The summed E-state index contributed by atoms with van der Waals surface area (Å²) in [4.78, 5) is 19.2. The molecule has 2 aromatic rings.